The van der Waals surface area contributed by atoms with Crippen LogP contribution in [0.25, 0.3) is 22.6 Å². The smallest absolute Gasteiger partial charge is 0.450 e. The molecule has 2 amide bonds. The molecule has 1 saturated carbocycles. The number of aromatic nitrogens is 4. The highest BCUT2D eigenvalue weighted by Gasteiger charge is 2.24. The van der Waals surface area contributed by atoms with Gasteiger partial charge in [0.05, 0.1) is 36.1 Å². The molecule has 12 nitrogen and oxygen atoms in total. The van der Waals surface area contributed by atoms with Crippen molar-refractivity contribution in [2.75, 3.05) is 31.6 Å². The Bertz CT molecular complexity index is 1080. The lowest BCUT2D eigenvalue weighted by Gasteiger charge is -2.26. The zero-order chi connectivity index (χ0) is 22.5. The highest BCUT2D eigenvalue weighted by Crippen LogP contribution is 2.26. The lowest BCUT2D eigenvalue weighted by Crippen LogP contribution is -2.35. The number of carbonyl (C=O) groups is 2. The number of urea groups is 1. The van der Waals surface area contributed by atoms with Gasteiger partial charge in [0.25, 0.3) is 0 Å². The van der Waals surface area contributed by atoms with E-state index >= 15 is 0 Å². The van der Waals surface area contributed by atoms with Crippen LogP contribution >= 0.6 is 0 Å². The lowest BCUT2D eigenvalue weighted by atomic mass is 10.2. The molecule has 1 saturated heterocycles. The first-order valence-electron chi connectivity index (χ1n) is 10.3. The first-order chi connectivity index (χ1) is 15.5. The topological polar surface area (TPSA) is 168 Å². The number of anilines is 1. The third-order valence-electron chi connectivity index (χ3n) is 5.09. The SMILES string of the molecule is O=C(Nc1cn[nH]c1-c1nc2ccc(CN3CCOCC3)cc2[nH]1)NC1CC1.O=C(O)O. The van der Waals surface area contributed by atoms with Crippen molar-refractivity contribution in [1.29, 1.82) is 0 Å². The molecular weight excluding hydrogens is 418 g/mol. The van der Waals surface area contributed by atoms with Crippen LogP contribution in [0.1, 0.15) is 18.4 Å². The molecule has 1 aliphatic carbocycles. The van der Waals surface area contributed by atoms with E-state index in [1.54, 1.807) is 6.20 Å². The molecule has 170 valence electrons. The number of nitrogens with zero attached hydrogens (tertiary/aromatic N) is 3. The number of aromatic amines is 2. The average molecular weight is 443 g/mol. The van der Waals surface area contributed by atoms with E-state index in [1.165, 1.54) is 5.56 Å². The molecule has 3 heterocycles. The summed E-state index contributed by atoms with van der Waals surface area (Å²) in [4.78, 5) is 31.0. The minimum atomic E-state index is -1.83. The van der Waals surface area contributed by atoms with Crippen LogP contribution in [0, 0.1) is 0 Å². The molecule has 0 atom stereocenters. The van der Waals surface area contributed by atoms with E-state index in [0.717, 1.165) is 56.7 Å². The first kappa shape index (κ1) is 21.6. The van der Waals surface area contributed by atoms with Gasteiger partial charge in [0.1, 0.15) is 5.69 Å². The number of ether oxygens (including phenoxy) is 1. The molecular formula is C20H25N7O5. The Morgan fingerprint density at radius 1 is 1.22 bits per heavy atom. The van der Waals surface area contributed by atoms with Crippen LogP contribution < -0.4 is 10.6 Å². The van der Waals surface area contributed by atoms with Crippen LogP contribution in [0.2, 0.25) is 0 Å². The highest BCUT2D eigenvalue weighted by atomic mass is 16.6. The summed E-state index contributed by atoms with van der Waals surface area (Å²) >= 11 is 0. The summed E-state index contributed by atoms with van der Waals surface area (Å²) in [6.45, 7) is 4.39. The summed E-state index contributed by atoms with van der Waals surface area (Å²) in [7, 11) is 0. The summed E-state index contributed by atoms with van der Waals surface area (Å²) in [6, 6.07) is 6.34. The predicted molar refractivity (Wildman–Crippen MR) is 116 cm³/mol. The van der Waals surface area contributed by atoms with Gasteiger partial charge in [-0.15, -0.1) is 0 Å². The maximum Gasteiger partial charge on any atom is 0.503 e. The van der Waals surface area contributed by atoms with Crippen LogP contribution in [-0.4, -0.2) is 79.8 Å². The van der Waals surface area contributed by atoms with Gasteiger partial charge in [-0.05, 0) is 30.5 Å². The summed E-state index contributed by atoms with van der Waals surface area (Å²) in [5, 5.41) is 26.7. The Hall–Kier alpha value is -3.64. The van der Waals surface area contributed by atoms with Crippen LogP contribution in [-0.2, 0) is 11.3 Å². The summed E-state index contributed by atoms with van der Waals surface area (Å²) < 4.78 is 5.41. The zero-order valence-electron chi connectivity index (χ0n) is 17.3. The number of benzene rings is 1. The first-order valence-corrected chi connectivity index (χ1v) is 10.3. The largest absolute Gasteiger partial charge is 0.503 e. The van der Waals surface area contributed by atoms with E-state index in [1.807, 2.05) is 6.07 Å². The third-order valence-corrected chi connectivity index (χ3v) is 5.09. The van der Waals surface area contributed by atoms with E-state index in [9.17, 15) is 4.79 Å². The van der Waals surface area contributed by atoms with Crippen LogP contribution in [0.15, 0.2) is 24.4 Å². The van der Waals surface area contributed by atoms with Crippen LogP contribution in [0.5, 0.6) is 0 Å². The van der Waals surface area contributed by atoms with Crippen molar-refractivity contribution in [3.8, 4) is 11.5 Å². The van der Waals surface area contributed by atoms with Crippen molar-refractivity contribution >= 4 is 28.9 Å². The Kier molecular flexibility index (Phi) is 6.52. The second kappa shape index (κ2) is 9.66. The number of carboxylic acid groups (broad SMARTS) is 2. The van der Waals surface area contributed by atoms with Crippen LogP contribution in [0.4, 0.5) is 15.3 Å². The third kappa shape index (κ3) is 5.74. The quantitative estimate of drug-likeness (QED) is 0.349. The minimum Gasteiger partial charge on any atom is -0.450 e. The average Bonchev–Trinajstić information content (AvgIpc) is 3.27. The van der Waals surface area contributed by atoms with Gasteiger partial charge in [0.15, 0.2) is 5.82 Å². The Morgan fingerprint density at radius 3 is 2.69 bits per heavy atom. The monoisotopic (exact) mass is 443 g/mol. The van der Waals surface area contributed by atoms with E-state index in [2.05, 4.69) is 47.8 Å². The zero-order valence-corrected chi connectivity index (χ0v) is 17.3. The molecule has 0 unspecified atom stereocenters. The van der Waals surface area contributed by atoms with E-state index in [-0.39, 0.29) is 6.03 Å². The molecule has 1 aliphatic heterocycles. The molecule has 32 heavy (non-hydrogen) atoms. The Labute approximate surface area is 183 Å². The highest BCUT2D eigenvalue weighted by molar-refractivity contribution is 5.93. The fourth-order valence-electron chi connectivity index (χ4n) is 3.42. The van der Waals surface area contributed by atoms with Gasteiger partial charge in [0.2, 0.25) is 0 Å². The van der Waals surface area contributed by atoms with Crippen molar-refractivity contribution in [3.63, 3.8) is 0 Å². The van der Waals surface area contributed by atoms with Crippen molar-refractivity contribution in [3.05, 3.63) is 30.0 Å². The Balaban J connectivity index is 0.000000567. The molecule has 2 aromatic heterocycles. The summed E-state index contributed by atoms with van der Waals surface area (Å²) in [5.74, 6) is 0.651. The van der Waals surface area contributed by atoms with Crippen molar-refractivity contribution < 1.29 is 24.5 Å². The fraction of sp³-hybridized carbons (Fsp3) is 0.400. The molecule has 2 aliphatic rings. The number of hydrogen-bond acceptors (Lipinski definition) is 6. The number of carbonyl (C=O) groups excluding carboxylic acids is 1. The molecule has 2 fully saturated rings. The number of nitrogens with one attached hydrogen (secondary N) is 4. The standard InChI is InChI=1S/C19H23N7O2.CH2O3/c27-19(21-13-2-3-13)24-16-10-20-25-17(16)18-22-14-4-1-12(9-15(14)23-18)11-26-5-7-28-8-6-26;2-1(3)4/h1,4,9-10,13H,2-3,5-8,11H2,(H,20,25)(H,22,23)(H2,21,24,27);(H2,2,3,4). The van der Waals surface area contributed by atoms with Gasteiger partial charge in [-0.2, -0.15) is 5.10 Å². The molecule has 0 spiro atoms. The molecule has 0 radical (unpaired) electrons. The second-order valence-corrected chi connectivity index (χ2v) is 7.64. The fourth-order valence-corrected chi connectivity index (χ4v) is 3.42. The van der Waals surface area contributed by atoms with Gasteiger partial charge in [0, 0.05) is 25.7 Å². The predicted octanol–water partition coefficient (Wildman–Crippen LogP) is 2.29. The normalized spacial score (nSPS) is 16.2. The van der Waals surface area contributed by atoms with E-state index < -0.39 is 6.16 Å². The molecule has 5 rings (SSSR count). The molecule has 1 aromatic carbocycles. The van der Waals surface area contributed by atoms with Gasteiger partial charge in [-0.1, -0.05) is 6.07 Å². The minimum absolute atomic E-state index is 0.214. The number of imidazole rings is 1. The number of amides is 2. The maximum absolute atomic E-state index is 12.0. The van der Waals surface area contributed by atoms with Gasteiger partial charge in [-0.3, -0.25) is 10.00 Å². The maximum atomic E-state index is 12.0. The van der Waals surface area contributed by atoms with Crippen molar-refractivity contribution in [2.24, 2.45) is 0 Å². The second-order valence-electron chi connectivity index (χ2n) is 7.64. The van der Waals surface area contributed by atoms with Gasteiger partial charge >= 0.3 is 12.2 Å². The van der Waals surface area contributed by atoms with Gasteiger partial charge in [-0.25, -0.2) is 14.6 Å². The molecule has 0 bridgehead atoms. The van der Waals surface area contributed by atoms with Crippen molar-refractivity contribution in [2.45, 2.75) is 25.4 Å². The van der Waals surface area contributed by atoms with E-state index in [4.69, 9.17) is 19.7 Å². The van der Waals surface area contributed by atoms with Crippen molar-refractivity contribution in [1.82, 2.24) is 30.4 Å². The number of morpholine rings is 1. The number of hydrogen-bond donors (Lipinski definition) is 6. The van der Waals surface area contributed by atoms with E-state index in [0.29, 0.717) is 23.2 Å². The number of rotatable bonds is 5. The van der Waals surface area contributed by atoms with Crippen LogP contribution in [0.3, 0.4) is 0 Å². The lowest BCUT2D eigenvalue weighted by molar-refractivity contribution is 0.0342. The molecule has 6 N–H and O–H groups in total. The number of fused-ring (bicyclic) bond motifs is 1. The molecule has 12 heteroatoms. The summed E-state index contributed by atoms with van der Waals surface area (Å²) in [6.07, 6.45) is 1.85. The Morgan fingerprint density at radius 2 is 1.97 bits per heavy atom. The number of H-pyrrole nitrogens is 2. The summed E-state index contributed by atoms with van der Waals surface area (Å²) in [5.41, 5.74) is 4.34. The molecule has 3 aromatic rings. The van der Waals surface area contributed by atoms with Gasteiger partial charge < -0.3 is 30.6 Å².